The van der Waals surface area contributed by atoms with Crippen molar-refractivity contribution in [3.8, 4) is 0 Å². The van der Waals surface area contributed by atoms with E-state index in [4.69, 9.17) is 0 Å². The van der Waals surface area contributed by atoms with E-state index in [9.17, 15) is 0 Å². The minimum Gasteiger partial charge on any atom is -0.156 e. The van der Waals surface area contributed by atoms with Crippen LogP contribution in [-0.2, 0) is 19.3 Å². The Morgan fingerprint density at radius 3 is 2.29 bits per heavy atom. The zero-order valence-corrected chi connectivity index (χ0v) is 18.2. The van der Waals surface area contributed by atoms with Gasteiger partial charge in [-0.3, -0.25) is 0 Å². The molecule has 4 aromatic rings. The second-order valence-electron chi connectivity index (χ2n) is 8.68. The molecule has 1 nitrogen and oxygen atoms in total. The van der Waals surface area contributed by atoms with Gasteiger partial charge in [-0.25, -0.2) is 0 Å². The van der Waals surface area contributed by atoms with Gasteiger partial charge < -0.3 is 0 Å². The second kappa shape index (κ2) is 7.20. The summed E-state index contributed by atoms with van der Waals surface area (Å²) in [6.45, 7) is 13.7. The maximum atomic E-state index is 2.55. The van der Waals surface area contributed by atoms with Crippen LogP contribution < -0.4 is 4.40 Å². The van der Waals surface area contributed by atoms with Crippen molar-refractivity contribution in [2.45, 2.75) is 60.8 Å². The van der Waals surface area contributed by atoms with Gasteiger partial charge in [0.25, 0.3) is 0 Å². The molecule has 0 N–H and O–H groups in total. The lowest BCUT2D eigenvalue weighted by Crippen LogP contribution is -2.31. The minimum absolute atomic E-state index is 0.667. The Hall–Kier alpha value is -2.41. The zero-order chi connectivity index (χ0) is 20.0. The summed E-state index contributed by atoms with van der Waals surface area (Å²) in [5, 5.41) is 4.18. The van der Waals surface area contributed by atoms with E-state index in [2.05, 4.69) is 88.4 Å². The third kappa shape index (κ3) is 2.98. The average molecular weight is 371 g/mol. The summed E-state index contributed by atoms with van der Waals surface area (Å²) >= 11 is 0. The fourth-order valence-electron chi connectivity index (χ4n) is 5.00. The minimum atomic E-state index is 0.667. The maximum Gasteiger partial charge on any atom is 0.219 e. The van der Waals surface area contributed by atoms with Gasteiger partial charge in [0.15, 0.2) is 5.69 Å². The van der Waals surface area contributed by atoms with Crippen LogP contribution in [-0.4, -0.2) is 0 Å². The highest BCUT2D eigenvalue weighted by atomic mass is 14.9. The number of hydrogen-bond donors (Lipinski definition) is 0. The Kier molecular flexibility index (Phi) is 4.87. The lowest BCUT2D eigenvalue weighted by atomic mass is 9.93. The van der Waals surface area contributed by atoms with Crippen molar-refractivity contribution >= 4 is 27.2 Å². The molecule has 1 heteroatoms. The number of hydrogen-bond acceptors (Lipinski definition) is 0. The van der Waals surface area contributed by atoms with Gasteiger partial charge in [-0.15, -0.1) is 0 Å². The van der Waals surface area contributed by atoms with E-state index in [1.54, 1.807) is 0 Å². The molecule has 2 aromatic carbocycles. The van der Waals surface area contributed by atoms with Gasteiger partial charge in [0.2, 0.25) is 11.0 Å². The fraction of sp³-hybridized carbons (Fsp3) is 0.370. The first-order chi connectivity index (χ1) is 13.4. The van der Waals surface area contributed by atoms with Crippen molar-refractivity contribution < 1.29 is 4.40 Å². The predicted molar refractivity (Wildman–Crippen MR) is 121 cm³/mol. The van der Waals surface area contributed by atoms with Gasteiger partial charge in [-0.2, -0.15) is 4.40 Å². The lowest BCUT2D eigenvalue weighted by molar-refractivity contribution is -0.491. The van der Waals surface area contributed by atoms with E-state index in [-0.39, 0.29) is 0 Å². The van der Waals surface area contributed by atoms with Crippen LogP contribution >= 0.6 is 0 Å². The summed E-state index contributed by atoms with van der Waals surface area (Å²) in [7, 11) is 0. The van der Waals surface area contributed by atoms with Crippen molar-refractivity contribution in [2.24, 2.45) is 5.92 Å². The molecule has 0 bridgehead atoms. The summed E-state index contributed by atoms with van der Waals surface area (Å²) in [5.74, 6) is 0.667. The smallest absolute Gasteiger partial charge is 0.156 e. The first-order valence-electron chi connectivity index (χ1n) is 10.8. The van der Waals surface area contributed by atoms with Gasteiger partial charge in [-0.05, 0) is 67.5 Å². The molecule has 28 heavy (non-hydrogen) atoms. The molecule has 0 aliphatic rings. The molecule has 4 rings (SSSR count). The molecule has 0 unspecified atom stereocenters. The van der Waals surface area contributed by atoms with Gasteiger partial charge >= 0.3 is 0 Å². The normalized spacial score (nSPS) is 12.0. The predicted octanol–water partition coefficient (Wildman–Crippen LogP) is 6.67. The first kappa shape index (κ1) is 18.9. The third-order valence-corrected chi connectivity index (χ3v) is 6.01. The van der Waals surface area contributed by atoms with E-state index in [0.29, 0.717) is 5.92 Å². The van der Waals surface area contributed by atoms with E-state index < -0.39 is 0 Å². The summed E-state index contributed by atoms with van der Waals surface area (Å²) in [5.41, 5.74) is 9.83. The van der Waals surface area contributed by atoms with E-state index >= 15 is 0 Å². The van der Waals surface area contributed by atoms with Crippen LogP contribution in [0.4, 0.5) is 0 Å². The molecule has 0 saturated carbocycles. The SMILES string of the molecule is CCc1c(CC)[n+]2c3cc(CC(C)C)ccc3ccc2c2cc(C)cc(C)c12. The van der Waals surface area contributed by atoms with Crippen LogP contribution in [0.5, 0.6) is 0 Å². The topological polar surface area (TPSA) is 4.10 Å². The summed E-state index contributed by atoms with van der Waals surface area (Å²) in [6, 6.07) is 16.4. The van der Waals surface area contributed by atoms with E-state index in [1.165, 1.54) is 55.1 Å². The number of aryl methyl sites for hydroxylation is 4. The molecule has 144 valence electrons. The molecule has 0 saturated heterocycles. The Balaban J connectivity index is 2.24. The Morgan fingerprint density at radius 1 is 0.857 bits per heavy atom. The maximum absolute atomic E-state index is 2.55. The quantitative estimate of drug-likeness (QED) is 0.279. The number of fused-ring (bicyclic) bond motifs is 5. The summed E-state index contributed by atoms with van der Waals surface area (Å²) in [4.78, 5) is 0. The molecule has 2 aromatic heterocycles. The average Bonchev–Trinajstić information content (AvgIpc) is 2.65. The molecule has 0 radical (unpaired) electrons. The van der Waals surface area contributed by atoms with Crippen LogP contribution in [0.3, 0.4) is 0 Å². The number of rotatable bonds is 4. The Bertz CT molecular complexity index is 1200. The molecule has 2 heterocycles. The highest BCUT2D eigenvalue weighted by Crippen LogP contribution is 2.30. The van der Waals surface area contributed by atoms with E-state index in [1.807, 2.05) is 0 Å². The molecular formula is C27H32N+. The summed E-state index contributed by atoms with van der Waals surface area (Å²) < 4.78 is 2.55. The van der Waals surface area contributed by atoms with Gasteiger partial charge in [0, 0.05) is 34.9 Å². The molecule has 0 fully saturated rings. The number of aromatic nitrogens is 1. The van der Waals surface area contributed by atoms with Gasteiger partial charge in [-0.1, -0.05) is 39.8 Å². The van der Waals surface area contributed by atoms with Crippen molar-refractivity contribution in [2.75, 3.05) is 0 Å². The largest absolute Gasteiger partial charge is 0.219 e. The standard InChI is InChI=1S/C27H32N/c1-7-22-24(8-2)28-25(23-15-18(5)14-19(6)27(22)23)12-11-21-10-9-20(13-17(3)4)16-26(21)28/h9-12,14-17H,7-8,13H2,1-6H3/q+1. The van der Waals surface area contributed by atoms with Crippen molar-refractivity contribution in [3.05, 3.63) is 70.4 Å². The molecular weight excluding hydrogens is 338 g/mol. The number of benzene rings is 2. The van der Waals surface area contributed by atoms with Gasteiger partial charge in [0.05, 0.1) is 5.39 Å². The van der Waals surface area contributed by atoms with Crippen molar-refractivity contribution in [1.29, 1.82) is 0 Å². The van der Waals surface area contributed by atoms with Crippen LogP contribution in [0.15, 0.2) is 42.5 Å². The molecule has 0 aliphatic heterocycles. The molecule has 0 spiro atoms. The highest BCUT2D eigenvalue weighted by molar-refractivity contribution is 5.99. The molecule has 0 atom stereocenters. The van der Waals surface area contributed by atoms with Crippen LogP contribution in [0.2, 0.25) is 0 Å². The van der Waals surface area contributed by atoms with Crippen molar-refractivity contribution in [3.63, 3.8) is 0 Å². The summed E-state index contributed by atoms with van der Waals surface area (Å²) in [6.07, 6.45) is 3.23. The number of pyridine rings is 2. The van der Waals surface area contributed by atoms with Crippen LogP contribution in [0.1, 0.15) is 55.6 Å². The van der Waals surface area contributed by atoms with E-state index in [0.717, 1.165) is 19.3 Å². The fourth-order valence-corrected chi connectivity index (χ4v) is 5.00. The lowest BCUT2D eigenvalue weighted by Gasteiger charge is -2.14. The first-order valence-corrected chi connectivity index (χ1v) is 10.8. The third-order valence-electron chi connectivity index (χ3n) is 6.01. The highest BCUT2D eigenvalue weighted by Gasteiger charge is 2.23. The molecule has 0 aliphatic carbocycles. The Labute approximate surface area is 169 Å². The Morgan fingerprint density at radius 2 is 1.61 bits per heavy atom. The zero-order valence-electron chi connectivity index (χ0n) is 18.2. The van der Waals surface area contributed by atoms with Gasteiger partial charge in [0.1, 0.15) is 0 Å². The molecule has 0 amide bonds. The second-order valence-corrected chi connectivity index (χ2v) is 8.68. The van der Waals surface area contributed by atoms with Crippen molar-refractivity contribution in [1.82, 2.24) is 0 Å². The van der Waals surface area contributed by atoms with Crippen LogP contribution in [0.25, 0.3) is 27.2 Å². The monoisotopic (exact) mass is 370 g/mol. The number of nitrogens with zero attached hydrogens (tertiary/aromatic N) is 1. The van der Waals surface area contributed by atoms with Crippen LogP contribution in [0, 0.1) is 19.8 Å².